The molecule has 0 amide bonds. The highest BCUT2D eigenvalue weighted by molar-refractivity contribution is 7.99. The lowest BCUT2D eigenvalue weighted by atomic mass is 10.0. The molecule has 0 radical (unpaired) electrons. The van der Waals surface area contributed by atoms with Crippen LogP contribution in [0.4, 0.5) is 11.4 Å². The van der Waals surface area contributed by atoms with Crippen LogP contribution in [-0.2, 0) is 6.54 Å². The van der Waals surface area contributed by atoms with E-state index in [-0.39, 0.29) is 6.61 Å². The summed E-state index contributed by atoms with van der Waals surface area (Å²) in [6.45, 7) is 1.42. The zero-order valence-corrected chi connectivity index (χ0v) is 22.1. The summed E-state index contributed by atoms with van der Waals surface area (Å²) in [7, 11) is 0. The standard InChI is InChI=1S/C29H23ClN4OS2/c30-26-14-22(7-9-28(26)37-23-4-2-1-3-5-23)34-29-21(15-31)16-33-27-13-19(6-8-25(27)29)20-12-24(36-18-20)17-32-10-11-35/h1-9,12-14,16,18,32,35H,10-11,17H2,(H,33,34). The van der Waals surface area contributed by atoms with Crippen LogP contribution >= 0.6 is 34.7 Å². The van der Waals surface area contributed by atoms with Crippen molar-refractivity contribution in [2.24, 2.45) is 0 Å². The Morgan fingerprint density at radius 1 is 1.03 bits per heavy atom. The zero-order valence-electron chi connectivity index (χ0n) is 19.7. The Hall–Kier alpha value is -3.38. The van der Waals surface area contributed by atoms with Crippen molar-refractivity contribution in [1.29, 1.82) is 5.26 Å². The maximum atomic E-state index is 9.76. The van der Waals surface area contributed by atoms with Gasteiger partial charge in [0.25, 0.3) is 0 Å². The number of rotatable bonds is 9. The fraction of sp³-hybridized carbons (Fsp3) is 0.103. The number of halogens is 1. The lowest BCUT2D eigenvalue weighted by molar-refractivity contribution is 0.292. The molecule has 5 nitrogen and oxygen atoms in total. The Balaban J connectivity index is 1.41. The first kappa shape index (κ1) is 25.3. The van der Waals surface area contributed by atoms with Crippen LogP contribution in [-0.4, -0.2) is 23.2 Å². The van der Waals surface area contributed by atoms with E-state index in [1.54, 1.807) is 29.3 Å². The first-order chi connectivity index (χ1) is 18.1. The van der Waals surface area contributed by atoms with Gasteiger partial charge in [-0.05, 0) is 59.0 Å². The SMILES string of the molecule is N#Cc1cnc2cc(-c3csc(CNCCO)c3)ccc2c1Nc1ccc(Sc2ccccc2)c(Cl)c1. The van der Waals surface area contributed by atoms with Crippen molar-refractivity contribution in [2.45, 2.75) is 16.3 Å². The number of aliphatic hydroxyl groups excluding tert-OH is 1. The lowest BCUT2D eigenvalue weighted by Gasteiger charge is -2.13. The van der Waals surface area contributed by atoms with Crippen LogP contribution in [0.2, 0.25) is 5.02 Å². The van der Waals surface area contributed by atoms with Gasteiger partial charge in [-0.3, -0.25) is 4.98 Å². The number of thiophene rings is 1. The summed E-state index contributed by atoms with van der Waals surface area (Å²) in [5.41, 5.74) is 4.95. The summed E-state index contributed by atoms with van der Waals surface area (Å²) >= 11 is 9.90. The van der Waals surface area contributed by atoms with Crippen molar-refractivity contribution in [3.8, 4) is 17.2 Å². The minimum Gasteiger partial charge on any atom is -0.395 e. The normalized spacial score (nSPS) is 10.9. The molecule has 0 unspecified atom stereocenters. The van der Waals surface area contributed by atoms with Crippen molar-refractivity contribution in [2.75, 3.05) is 18.5 Å². The number of aromatic nitrogens is 1. The molecule has 0 aliphatic carbocycles. The number of nitrogens with one attached hydrogen (secondary N) is 2. The first-order valence-corrected chi connectivity index (χ1v) is 13.7. The average Bonchev–Trinajstić information content (AvgIpc) is 3.40. The number of aliphatic hydroxyl groups is 1. The first-order valence-electron chi connectivity index (χ1n) is 11.7. The number of pyridine rings is 1. The molecule has 37 heavy (non-hydrogen) atoms. The van der Waals surface area contributed by atoms with Crippen LogP contribution in [0, 0.1) is 11.3 Å². The molecule has 0 saturated carbocycles. The molecule has 0 spiro atoms. The van der Waals surface area contributed by atoms with Gasteiger partial charge in [0.15, 0.2) is 0 Å². The molecule has 0 saturated heterocycles. The summed E-state index contributed by atoms with van der Waals surface area (Å²) in [6.07, 6.45) is 1.60. The maximum absolute atomic E-state index is 9.76. The molecule has 0 aliphatic rings. The molecular formula is C29H23ClN4OS2. The third-order valence-corrected chi connectivity index (χ3v) is 8.18. The van der Waals surface area contributed by atoms with Gasteiger partial charge >= 0.3 is 0 Å². The molecule has 3 N–H and O–H groups in total. The van der Waals surface area contributed by atoms with Crippen molar-refractivity contribution in [1.82, 2.24) is 10.3 Å². The summed E-state index contributed by atoms with van der Waals surface area (Å²) < 4.78 is 0. The van der Waals surface area contributed by atoms with Crippen LogP contribution in [0.3, 0.4) is 0 Å². The molecule has 2 heterocycles. The van der Waals surface area contributed by atoms with E-state index in [2.05, 4.69) is 51.3 Å². The van der Waals surface area contributed by atoms with Crippen molar-refractivity contribution >= 4 is 57.0 Å². The maximum Gasteiger partial charge on any atom is 0.103 e. The highest BCUT2D eigenvalue weighted by Gasteiger charge is 2.13. The summed E-state index contributed by atoms with van der Waals surface area (Å²) in [6, 6.07) is 26.4. The van der Waals surface area contributed by atoms with Crippen molar-refractivity contribution in [3.63, 3.8) is 0 Å². The number of fused-ring (bicyclic) bond motifs is 1. The van der Waals surface area contributed by atoms with E-state index in [1.807, 2.05) is 48.5 Å². The predicted molar refractivity (Wildman–Crippen MR) is 154 cm³/mol. The average molecular weight is 543 g/mol. The van der Waals surface area contributed by atoms with E-state index in [0.29, 0.717) is 22.8 Å². The Kier molecular flexibility index (Phi) is 8.05. The number of anilines is 2. The van der Waals surface area contributed by atoms with Crippen molar-refractivity contribution in [3.05, 3.63) is 99.8 Å². The number of hydrogen-bond donors (Lipinski definition) is 3. The Morgan fingerprint density at radius 3 is 2.68 bits per heavy atom. The summed E-state index contributed by atoms with van der Waals surface area (Å²) in [5, 5.41) is 29.0. The second-order valence-corrected chi connectivity index (χ2v) is 10.8. The fourth-order valence-electron chi connectivity index (χ4n) is 3.93. The largest absolute Gasteiger partial charge is 0.395 e. The minimum atomic E-state index is 0.124. The van der Waals surface area contributed by atoms with Gasteiger partial charge in [0.05, 0.1) is 28.4 Å². The smallest absolute Gasteiger partial charge is 0.103 e. The van der Waals surface area contributed by atoms with Gasteiger partial charge in [0, 0.05) is 45.0 Å². The van der Waals surface area contributed by atoms with Crippen molar-refractivity contribution < 1.29 is 5.11 Å². The van der Waals surface area contributed by atoms with E-state index in [0.717, 1.165) is 44.1 Å². The van der Waals surface area contributed by atoms with Crippen LogP contribution in [0.15, 0.2) is 94.2 Å². The number of nitriles is 1. The molecule has 0 bridgehead atoms. The number of hydrogen-bond acceptors (Lipinski definition) is 7. The monoisotopic (exact) mass is 542 g/mol. The van der Waals surface area contributed by atoms with Gasteiger partial charge in [-0.1, -0.05) is 53.7 Å². The molecule has 0 fully saturated rings. The number of benzene rings is 3. The number of nitrogens with zero attached hydrogens (tertiary/aromatic N) is 2. The summed E-state index contributed by atoms with van der Waals surface area (Å²) in [5.74, 6) is 0. The molecule has 3 aromatic carbocycles. The lowest BCUT2D eigenvalue weighted by Crippen LogP contribution is -2.16. The Labute approximate surface area is 228 Å². The molecule has 0 atom stereocenters. The Bertz CT molecular complexity index is 1580. The van der Waals surface area contributed by atoms with Gasteiger partial charge in [-0.2, -0.15) is 5.26 Å². The van der Waals surface area contributed by atoms with Crippen LogP contribution in [0.25, 0.3) is 22.0 Å². The third-order valence-electron chi connectivity index (χ3n) is 5.74. The zero-order chi connectivity index (χ0) is 25.6. The molecule has 0 aliphatic heterocycles. The Morgan fingerprint density at radius 2 is 1.89 bits per heavy atom. The van der Waals surface area contributed by atoms with Gasteiger partial charge in [-0.25, -0.2) is 0 Å². The highest BCUT2D eigenvalue weighted by atomic mass is 35.5. The minimum absolute atomic E-state index is 0.124. The summed E-state index contributed by atoms with van der Waals surface area (Å²) in [4.78, 5) is 7.84. The molecule has 184 valence electrons. The predicted octanol–water partition coefficient (Wildman–Crippen LogP) is 7.47. The molecular weight excluding hydrogens is 520 g/mol. The molecule has 8 heteroatoms. The van der Waals surface area contributed by atoms with E-state index in [1.165, 1.54) is 4.88 Å². The van der Waals surface area contributed by atoms with E-state index in [4.69, 9.17) is 16.7 Å². The van der Waals surface area contributed by atoms with E-state index >= 15 is 0 Å². The van der Waals surface area contributed by atoms with Crippen LogP contribution in [0.1, 0.15) is 10.4 Å². The molecule has 2 aromatic heterocycles. The van der Waals surface area contributed by atoms with Gasteiger partial charge in [0.1, 0.15) is 6.07 Å². The van der Waals surface area contributed by atoms with E-state index in [9.17, 15) is 5.26 Å². The van der Waals surface area contributed by atoms with E-state index < -0.39 is 0 Å². The third kappa shape index (κ3) is 5.96. The fourth-order valence-corrected chi connectivity index (χ4v) is 5.93. The van der Waals surface area contributed by atoms with Gasteiger partial charge in [0.2, 0.25) is 0 Å². The molecule has 5 aromatic rings. The second-order valence-electron chi connectivity index (χ2n) is 8.28. The topological polar surface area (TPSA) is 81.0 Å². The van der Waals surface area contributed by atoms with Gasteiger partial charge in [-0.15, -0.1) is 11.3 Å². The quantitative estimate of drug-likeness (QED) is 0.168. The van der Waals surface area contributed by atoms with Crippen LogP contribution < -0.4 is 10.6 Å². The molecule has 5 rings (SSSR count). The highest BCUT2D eigenvalue weighted by Crippen LogP contribution is 2.37. The van der Waals surface area contributed by atoms with Gasteiger partial charge < -0.3 is 15.7 Å². The van der Waals surface area contributed by atoms with Crippen LogP contribution in [0.5, 0.6) is 0 Å². The second kappa shape index (κ2) is 11.8.